The van der Waals surface area contributed by atoms with Gasteiger partial charge in [-0.2, -0.15) is 0 Å². The van der Waals surface area contributed by atoms with Crippen LogP contribution < -0.4 is 0 Å². The summed E-state index contributed by atoms with van der Waals surface area (Å²) in [6.07, 6.45) is 1.23. The first-order chi connectivity index (χ1) is 11.2. The second-order valence-corrected chi connectivity index (χ2v) is 7.11. The van der Waals surface area contributed by atoms with Crippen LogP contribution in [0.25, 0.3) is 0 Å². The van der Waals surface area contributed by atoms with E-state index in [0.29, 0.717) is 5.56 Å². The van der Waals surface area contributed by atoms with Gasteiger partial charge in [0.25, 0.3) is 5.91 Å². The van der Waals surface area contributed by atoms with Gasteiger partial charge in [0.2, 0.25) is 5.89 Å². The number of ether oxygens (including phenoxy) is 1. The minimum Gasteiger partial charge on any atom is -0.464 e. The summed E-state index contributed by atoms with van der Waals surface area (Å²) < 4.78 is 10.7. The monoisotopic (exact) mass is 394 g/mol. The van der Waals surface area contributed by atoms with Crippen LogP contribution in [-0.4, -0.2) is 34.4 Å². The lowest BCUT2D eigenvalue weighted by Gasteiger charge is -2.34. The topological polar surface area (TPSA) is 72.6 Å². The van der Waals surface area contributed by atoms with Gasteiger partial charge in [0.1, 0.15) is 6.26 Å². The summed E-state index contributed by atoms with van der Waals surface area (Å²) in [6, 6.07) is 7.17. The summed E-state index contributed by atoms with van der Waals surface area (Å²) >= 11 is 3.37. The Hall–Kier alpha value is -2.15. The van der Waals surface area contributed by atoms with Crippen LogP contribution in [0.5, 0.6) is 0 Å². The largest absolute Gasteiger partial charge is 0.464 e. The number of amides is 1. The van der Waals surface area contributed by atoms with E-state index in [1.165, 1.54) is 13.4 Å². The third-order valence-corrected chi connectivity index (χ3v) is 3.86. The molecule has 1 aromatic heterocycles. The number of oxazole rings is 1. The number of carbonyl (C=O) groups is 2. The van der Waals surface area contributed by atoms with Crippen molar-refractivity contribution >= 4 is 27.8 Å². The number of hydrogen-bond donors (Lipinski definition) is 0. The van der Waals surface area contributed by atoms with E-state index in [-0.39, 0.29) is 24.0 Å². The van der Waals surface area contributed by atoms with E-state index in [1.807, 2.05) is 26.8 Å². The summed E-state index contributed by atoms with van der Waals surface area (Å²) in [5.74, 6) is -0.457. The van der Waals surface area contributed by atoms with Crippen molar-refractivity contribution in [2.45, 2.75) is 32.9 Å². The van der Waals surface area contributed by atoms with Gasteiger partial charge in [-0.05, 0) is 39.0 Å². The Morgan fingerprint density at radius 2 is 2.04 bits per heavy atom. The van der Waals surface area contributed by atoms with Crippen molar-refractivity contribution < 1.29 is 18.7 Å². The Bertz CT molecular complexity index is 749. The molecule has 0 spiro atoms. The zero-order chi connectivity index (χ0) is 17.9. The molecule has 0 unspecified atom stereocenters. The van der Waals surface area contributed by atoms with Gasteiger partial charge in [-0.25, -0.2) is 9.78 Å². The third-order valence-electron chi connectivity index (χ3n) is 3.37. The summed E-state index contributed by atoms with van der Waals surface area (Å²) in [6.45, 7) is 5.92. The third kappa shape index (κ3) is 4.23. The lowest BCUT2D eigenvalue weighted by atomic mass is 10.0. The van der Waals surface area contributed by atoms with Gasteiger partial charge in [0.15, 0.2) is 5.69 Å². The van der Waals surface area contributed by atoms with E-state index < -0.39 is 11.5 Å². The maximum atomic E-state index is 12.9. The van der Waals surface area contributed by atoms with Crippen molar-refractivity contribution in [1.29, 1.82) is 0 Å². The van der Waals surface area contributed by atoms with Crippen LogP contribution in [0.4, 0.5) is 0 Å². The number of esters is 1. The zero-order valence-electron chi connectivity index (χ0n) is 14.0. The Balaban J connectivity index is 2.28. The molecule has 2 aromatic rings. The standard InChI is InChI=1S/C17H19BrN2O4/c1-17(2,3)20(15(21)11-6-5-7-12(18)8-11)9-14-19-13(10-24-14)16(22)23-4/h5-8,10H,9H2,1-4H3. The van der Waals surface area contributed by atoms with Gasteiger partial charge in [-0.3, -0.25) is 4.79 Å². The maximum absolute atomic E-state index is 12.9. The van der Waals surface area contributed by atoms with E-state index in [1.54, 1.807) is 23.1 Å². The number of benzene rings is 1. The predicted molar refractivity (Wildman–Crippen MR) is 91.6 cm³/mol. The molecule has 0 saturated carbocycles. The number of nitrogens with zero attached hydrogens (tertiary/aromatic N) is 2. The number of hydrogen-bond acceptors (Lipinski definition) is 5. The molecule has 0 N–H and O–H groups in total. The molecule has 7 heteroatoms. The van der Waals surface area contributed by atoms with Gasteiger partial charge >= 0.3 is 5.97 Å². The highest BCUT2D eigenvalue weighted by Gasteiger charge is 2.29. The SMILES string of the molecule is COC(=O)c1coc(CN(C(=O)c2cccc(Br)c2)C(C)(C)C)n1. The van der Waals surface area contributed by atoms with Crippen molar-refractivity contribution in [3.05, 3.63) is 52.1 Å². The van der Waals surface area contributed by atoms with Gasteiger partial charge in [-0.15, -0.1) is 0 Å². The molecular weight excluding hydrogens is 376 g/mol. The molecule has 1 aromatic carbocycles. The second kappa shape index (κ2) is 7.17. The molecule has 0 bridgehead atoms. The Kier molecular flexibility index (Phi) is 5.43. The fourth-order valence-electron chi connectivity index (χ4n) is 2.11. The number of methoxy groups -OCH3 is 1. The zero-order valence-corrected chi connectivity index (χ0v) is 15.6. The van der Waals surface area contributed by atoms with Crippen LogP contribution in [0.15, 0.2) is 39.4 Å². The number of carbonyl (C=O) groups excluding carboxylic acids is 2. The molecule has 2 rings (SSSR count). The first kappa shape index (κ1) is 18.2. The van der Waals surface area contributed by atoms with Gasteiger partial charge < -0.3 is 14.1 Å². The molecule has 0 aliphatic carbocycles. The summed E-state index contributed by atoms with van der Waals surface area (Å²) in [5.41, 5.74) is 0.176. The molecule has 0 radical (unpaired) electrons. The predicted octanol–water partition coefficient (Wildman–Crippen LogP) is 3.66. The molecule has 0 aliphatic heterocycles. The normalized spacial score (nSPS) is 11.2. The van der Waals surface area contributed by atoms with Gasteiger partial charge in [-0.1, -0.05) is 22.0 Å². The van der Waals surface area contributed by atoms with Gasteiger partial charge in [0, 0.05) is 15.6 Å². The van der Waals surface area contributed by atoms with Crippen LogP contribution >= 0.6 is 15.9 Å². The minimum absolute atomic E-state index is 0.0799. The molecule has 1 amide bonds. The molecular formula is C17H19BrN2O4. The highest BCUT2D eigenvalue weighted by atomic mass is 79.9. The molecule has 0 aliphatic rings. The quantitative estimate of drug-likeness (QED) is 0.739. The Labute approximate surface area is 148 Å². The highest BCUT2D eigenvalue weighted by molar-refractivity contribution is 9.10. The molecule has 128 valence electrons. The molecule has 0 saturated heterocycles. The fraction of sp³-hybridized carbons (Fsp3) is 0.353. The van der Waals surface area contributed by atoms with Crippen molar-refractivity contribution in [3.8, 4) is 0 Å². The number of rotatable bonds is 4. The first-order valence-electron chi connectivity index (χ1n) is 7.32. The van der Waals surface area contributed by atoms with Crippen molar-refractivity contribution in [2.75, 3.05) is 7.11 Å². The van der Waals surface area contributed by atoms with Crippen LogP contribution in [-0.2, 0) is 11.3 Å². The Morgan fingerprint density at radius 3 is 2.62 bits per heavy atom. The first-order valence-corrected chi connectivity index (χ1v) is 8.12. The minimum atomic E-state index is -0.578. The molecule has 24 heavy (non-hydrogen) atoms. The molecule has 0 fully saturated rings. The fourth-order valence-corrected chi connectivity index (χ4v) is 2.51. The smallest absolute Gasteiger partial charge is 0.360 e. The summed E-state index contributed by atoms with van der Waals surface area (Å²) in [7, 11) is 1.27. The van der Waals surface area contributed by atoms with Crippen LogP contribution in [0.2, 0.25) is 0 Å². The lowest BCUT2D eigenvalue weighted by Crippen LogP contribution is -2.45. The highest BCUT2D eigenvalue weighted by Crippen LogP contribution is 2.22. The van der Waals surface area contributed by atoms with Crippen LogP contribution in [0.1, 0.15) is 47.5 Å². The molecule has 0 atom stereocenters. The maximum Gasteiger partial charge on any atom is 0.360 e. The van der Waals surface area contributed by atoms with E-state index >= 15 is 0 Å². The second-order valence-electron chi connectivity index (χ2n) is 6.19. The van der Waals surface area contributed by atoms with Crippen molar-refractivity contribution in [3.63, 3.8) is 0 Å². The van der Waals surface area contributed by atoms with Gasteiger partial charge in [0.05, 0.1) is 13.7 Å². The van der Waals surface area contributed by atoms with Crippen LogP contribution in [0, 0.1) is 0 Å². The van der Waals surface area contributed by atoms with E-state index in [2.05, 4.69) is 25.7 Å². The Morgan fingerprint density at radius 1 is 1.33 bits per heavy atom. The summed E-state index contributed by atoms with van der Waals surface area (Å²) in [4.78, 5) is 30.1. The number of halogens is 1. The average molecular weight is 395 g/mol. The number of aromatic nitrogens is 1. The van der Waals surface area contributed by atoms with E-state index in [0.717, 1.165) is 4.47 Å². The summed E-state index contributed by atoms with van der Waals surface area (Å²) in [5, 5.41) is 0. The van der Waals surface area contributed by atoms with Crippen molar-refractivity contribution in [2.24, 2.45) is 0 Å². The van der Waals surface area contributed by atoms with E-state index in [4.69, 9.17) is 4.42 Å². The molecule has 6 nitrogen and oxygen atoms in total. The van der Waals surface area contributed by atoms with E-state index in [9.17, 15) is 9.59 Å². The average Bonchev–Trinajstić information content (AvgIpc) is 2.99. The molecule has 1 heterocycles. The lowest BCUT2D eigenvalue weighted by molar-refractivity contribution is 0.0532. The van der Waals surface area contributed by atoms with Crippen LogP contribution in [0.3, 0.4) is 0 Å². The van der Waals surface area contributed by atoms with Crippen molar-refractivity contribution in [1.82, 2.24) is 9.88 Å².